The Morgan fingerprint density at radius 3 is 2.50 bits per heavy atom. The highest BCUT2D eigenvalue weighted by molar-refractivity contribution is 6.31. The summed E-state index contributed by atoms with van der Waals surface area (Å²) in [4.78, 5) is 17.0. The van der Waals surface area contributed by atoms with Crippen molar-refractivity contribution in [3.8, 4) is 5.69 Å². The first-order valence-corrected chi connectivity index (χ1v) is 8.66. The van der Waals surface area contributed by atoms with E-state index in [0.717, 1.165) is 22.6 Å². The van der Waals surface area contributed by atoms with Crippen LogP contribution in [0.25, 0.3) is 16.6 Å². The summed E-state index contributed by atoms with van der Waals surface area (Å²) in [6.07, 6.45) is 1.58. The van der Waals surface area contributed by atoms with Gasteiger partial charge in [-0.15, -0.1) is 0 Å². The van der Waals surface area contributed by atoms with E-state index in [2.05, 4.69) is 10.1 Å². The molecule has 4 aromatic rings. The van der Waals surface area contributed by atoms with E-state index in [1.165, 1.54) is 0 Å². The van der Waals surface area contributed by atoms with E-state index in [1.807, 2.05) is 48.9 Å². The number of rotatable bonds is 3. The molecule has 2 aromatic carbocycles. The molecule has 26 heavy (non-hydrogen) atoms. The molecule has 0 bridgehead atoms. The molecule has 0 unspecified atom stereocenters. The third kappa shape index (κ3) is 3.02. The Kier molecular flexibility index (Phi) is 4.09. The van der Waals surface area contributed by atoms with Crippen molar-refractivity contribution in [1.82, 2.24) is 19.3 Å². The summed E-state index contributed by atoms with van der Waals surface area (Å²) in [5, 5.41) is 5.55. The molecular formula is C20H17ClN4O. The normalized spacial score (nSPS) is 11.2. The number of nitrogens with zero attached hydrogens (tertiary/aromatic N) is 4. The molecule has 6 heteroatoms. The summed E-state index contributed by atoms with van der Waals surface area (Å²) in [5.74, 6) is 0. The van der Waals surface area contributed by atoms with Gasteiger partial charge in [0.1, 0.15) is 0 Å². The predicted molar refractivity (Wildman–Crippen MR) is 103 cm³/mol. The van der Waals surface area contributed by atoms with Gasteiger partial charge in [-0.25, -0.2) is 9.67 Å². The van der Waals surface area contributed by atoms with E-state index in [-0.39, 0.29) is 5.56 Å². The maximum absolute atomic E-state index is 12.7. The van der Waals surface area contributed by atoms with Crippen LogP contribution in [0, 0.1) is 13.8 Å². The van der Waals surface area contributed by atoms with Gasteiger partial charge in [0.05, 0.1) is 35.2 Å². The summed E-state index contributed by atoms with van der Waals surface area (Å²) >= 11 is 6.01. The average Bonchev–Trinajstić information content (AvgIpc) is 2.97. The molecule has 0 aliphatic rings. The molecule has 0 amide bonds. The molecular weight excluding hydrogens is 348 g/mol. The first-order valence-electron chi connectivity index (χ1n) is 8.28. The van der Waals surface area contributed by atoms with Crippen molar-refractivity contribution in [1.29, 1.82) is 0 Å². The van der Waals surface area contributed by atoms with Crippen molar-refractivity contribution in [2.75, 3.05) is 0 Å². The molecule has 5 nitrogen and oxygen atoms in total. The van der Waals surface area contributed by atoms with Crippen molar-refractivity contribution in [3.63, 3.8) is 0 Å². The third-order valence-electron chi connectivity index (χ3n) is 4.33. The van der Waals surface area contributed by atoms with Crippen LogP contribution < -0.4 is 5.56 Å². The van der Waals surface area contributed by atoms with E-state index >= 15 is 0 Å². The van der Waals surface area contributed by atoms with E-state index in [0.29, 0.717) is 22.5 Å². The lowest BCUT2D eigenvalue weighted by molar-refractivity contribution is 0.747. The lowest BCUT2D eigenvalue weighted by atomic mass is 10.2. The smallest absolute Gasteiger partial charge is 0.261 e. The van der Waals surface area contributed by atoms with Crippen LogP contribution in [0.2, 0.25) is 5.02 Å². The second kappa shape index (κ2) is 6.42. The maximum atomic E-state index is 12.7. The molecule has 0 aliphatic heterocycles. The van der Waals surface area contributed by atoms with Crippen molar-refractivity contribution in [2.24, 2.45) is 0 Å². The molecule has 2 aromatic heterocycles. The summed E-state index contributed by atoms with van der Waals surface area (Å²) in [6, 6.07) is 15.2. The Balaban J connectivity index is 1.65. The number of fused-ring (bicyclic) bond motifs is 1. The van der Waals surface area contributed by atoms with Crippen LogP contribution >= 0.6 is 11.6 Å². The Morgan fingerprint density at radius 2 is 1.81 bits per heavy atom. The van der Waals surface area contributed by atoms with E-state index < -0.39 is 0 Å². The Hall–Kier alpha value is -2.92. The molecule has 0 radical (unpaired) electrons. The van der Waals surface area contributed by atoms with Crippen LogP contribution in [0.15, 0.2) is 59.7 Å². The molecule has 0 N–H and O–H groups in total. The van der Waals surface area contributed by atoms with Gasteiger partial charge in [-0.2, -0.15) is 5.10 Å². The molecule has 130 valence electrons. The van der Waals surface area contributed by atoms with Gasteiger partial charge in [-0.1, -0.05) is 23.7 Å². The fourth-order valence-corrected chi connectivity index (χ4v) is 3.25. The number of hydrogen-bond acceptors (Lipinski definition) is 3. The summed E-state index contributed by atoms with van der Waals surface area (Å²) < 4.78 is 3.50. The number of aryl methyl sites for hydroxylation is 2. The van der Waals surface area contributed by atoms with Gasteiger partial charge in [-0.05, 0) is 55.8 Å². The predicted octanol–water partition coefficient (Wildman–Crippen LogP) is 3.90. The van der Waals surface area contributed by atoms with Crippen LogP contribution in [-0.4, -0.2) is 19.3 Å². The summed E-state index contributed by atoms with van der Waals surface area (Å²) in [5.41, 5.74) is 4.63. The standard InChI is InChI=1S/C20H17ClN4O/c1-13-9-14(2)25(23-13)17-6-3-15(4-7-17)11-24-12-22-19-8-5-16(21)10-18(19)20(24)26/h3-10,12H,11H2,1-2H3. The van der Waals surface area contributed by atoms with Crippen molar-refractivity contribution < 1.29 is 0 Å². The van der Waals surface area contributed by atoms with Crippen LogP contribution in [-0.2, 0) is 6.54 Å². The van der Waals surface area contributed by atoms with E-state index in [4.69, 9.17) is 11.6 Å². The van der Waals surface area contributed by atoms with Gasteiger partial charge >= 0.3 is 0 Å². The second-order valence-electron chi connectivity index (χ2n) is 6.34. The number of halogens is 1. The highest BCUT2D eigenvalue weighted by Crippen LogP contribution is 2.16. The monoisotopic (exact) mass is 364 g/mol. The number of benzene rings is 2. The molecule has 0 atom stereocenters. The van der Waals surface area contributed by atoms with Crippen LogP contribution in [0.1, 0.15) is 17.0 Å². The molecule has 0 saturated carbocycles. The van der Waals surface area contributed by atoms with Crippen molar-refractivity contribution in [3.05, 3.63) is 87.2 Å². The van der Waals surface area contributed by atoms with Crippen LogP contribution in [0.5, 0.6) is 0 Å². The van der Waals surface area contributed by atoms with Gasteiger partial charge < -0.3 is 0 Å². The largest absolute Gasteiger partial charge is 0.294 e. The molecule has 0 spiro atoms. The third-order valence-corrected chi connectivity index (χ3v) is 4.56. The first kappa shape index (κ1) is 16.5. The van der Waals surface area contributed by atoms with Crippen molar-refractivity contribution in [2.45, 2.75) is 20.4 Å². The topological polar surface area (TPSA) is 52.7 Å². The van der Waals surface area contributed by atoms with Crippen LogP contribution in [0.3, 0.4) is 0 Å². The molecule has 4 rings (SSSR count). The summed E-state index contributed by atoms with van der Waals surface area (Å²) in [6.45, 7) is 4.45. The highest BCUT2D eigenvalue weighted by Gasteiger charge is 2.07. The zero-order chi connectivity index (χ0) is 18.3. The Morgan fingerprint density at radius 1 is 1.04 bits per heavy atom. The first-order chi connectivity index (χ1) is 12.5. The molecule has 0 fully saturated rings. The molecule has 0 saturated heterocycles. The zero-order valence-corrected chi connectivity index (χ0v) is 15.2. The SMILES string of the molecule is Cc1cc(C)n(-c2ccc(Cn3cnc4ccc(Cl)cc4c3=O)cc2)n1. The number of hydrogen-bond donors (Lipinski definition) is 0. The quantitative estimate of drug-likeness (QED) is 0.554. The fourth-order valence-electron chi connectivity index (χ4n) is 3.07. The van der Waals surface area contributed by atoms with Gasteiger partial charge in [0.2, 0.25) is 0 Å². The van der Waals surface area contributed by atoms with E-state index in [9.17, 15) is 4.79 Å². The van der Waals surface area contributed by atoms with Crippen LogP contribution in [0.4, 0.5) is 0 Å². The second-order valence-corrected chi connectivity index (χ2v) is 6.78. The highest BCUT2D eigenvalue weighted by atomic mass is 35.5. The Bertz CT molecular complexity index is 1160. The average molecular weight is 365 g/mol. The number of aromatic nitrogens is 4. The minimum atomic E-state index is -0.0971. The van der Waals surface area contributed by atoms with E-state index in [1.54, 1.807) is 29.1 Å². The van der Waals surface area contributed by atoms with Crippen molar-refractivity contribution >= 4 is 22.5 Å². The Labute approximate surface area is 155 Å². The minimum Gasteiger partial charge on any atom is -0.294 e. The van der Waals surface area contributed by atoms with Gasteiger partial charge in [0, 0.05) is 10.7 Å². The molecule has 0 aliphatic carbocycles. The maximum Gasteiger partial charge on any atom is 0.261 e. The fraction of sp³-hybridized carbons (Fsp3) is 0.150. The lowest BCUT2D eigenvalue weighted by Gasteiger charge is -2.09. The van der Waals surface area contributed by atoms with Gasteiger partial charge in [0.25, 0.3) is 5.56 Å². The zero-order valence-electron chi connectivity index (χ0n) is 14.5. The van der Waals surface area contributed by atoms with Gasteiger partial charge in [0.15, 0.2) is 0 Å². The minimum absolute atomic E-state index is 0.0971. The lowest BCUT2D eigenvalue weighted by Crippen LogP contribution is -2.21. The van der Waals surface area contributed by atoms with Gasteiger partial charge in [-0.3, -0.25) is 9.36 Å². The summed E-state index contributed by atoms with van der Waals surface area (Å²) in [7, 11) is 0. The molecule has 2 heterocycles.